The van der Waals surface area contributed by atoms with Gasteiger partial charge in [0.15, 0.2) is 0 Å². The molecule has 4 nitrogen and oxygen atoms in total. The van der Waals surface area contributed by atoms with E-state index in [-0.39, 0.29) is 5.75 Å². The second-order valence-corrected chi connectivity index (χ2v) is 7.30. The zero-order valence-electron chi connectivity index (χ0n) is 12.1. The summed E-state index contributed by atoms with van der Waals surface area (Å²) in [5.41, 5.74) is 1.87. The minimum Gasteiger partial charge on any atom is -0.317 e. The molecule has 0 aromatic heterocycles. The first-order valence-corrected chi connectivity index (χ1v) is 9.04. The van der Waals surface area contributed by atoms with Crippen LogP contribution in [-0.2, 0) is 16.4 Å². The largest absolute Gasteiger partial charge is 0.317 e. The predicted octanol–water partition coefficient (Wildman–Crippen LogP) is 2.38. The van der Waals surface area contributed by atoms with Gasteiger partial charge in [-0.2, -0.15) is 0 Å². The summed E-state index contributed by atoms with van der Waals surface area (Å²) in [6.45, 7) is 4.10. The van der Waals surface area contributed by atoms with E-state index < -0.39 is 10.0 Å². The molecule has 0 atom stereocenters. The van der Waals surface area contributed by atoms with Crippen LogP contribution in [0.5, 0.6) is 0 Å². The topological polar surface area (TPSA) is 58.2 Å². The standard InChI is InChI=1S/C15H24N2O2S/c1-2-13-3-5-15(6-4-13)17-20(18,19)12-9-14-7-10-16-11-8-14/h3-6,14,16-17H,2,7-12H2,1H3. The first kappa shape index (κ1) is 15.3. The summed E-state index contributed by atoms with van der Waals surface area (Å²) < 4.78 is 26.8. The van der Waals surface area contributed by atoms with Crippen LogP contribution >= 0.6 is 0 Å². The number of aryl methyl sites for hydroxylation is 1. The fourth-order valence-corrected chi connectivity index (χ4v) is 3.77. The van der Waals surface area contributed by atoms with Crippen molar-refractivity contribution in [3.05, 3.63) is 29.8 Å². The molecule has 0 aliphatic carbocycles. The summed E-state index contributed by atoms with van der Waals surface area (Å²) in [5.74, 6) is 0.753. The highest BCUT2D eigenvalue weighted by atomic mass is 32.2. The van der Waals surface area contributed by atoms with E-state index in [2.05, 4.69) is 17.0 Å². The first-order chi connectivity index (χ1) is 9.59. The lowest BCUT2D eigenvalue weighted by molar-refractivity contribution is 0.365. The van der Waals surface area contributed by atoms with Gasteiger partial charge in [-0.3, -0.25) is 4.72 Å². The van der Waals surface area contributed by atoms with Crippen molar-refractivity contribution < 1.29 is 8.42 Å². The molecule has 5 heteroatoms. The molecule has 0 saturated carbocycles. The third-order valence-corrected chi connectivity index (χ3v) is 5.21. The molecule has 2 rings (SSSR count). The second kappa shape index (κ2) is 7.09. The second-order valence-electron chi connectivity index (χ2n) is 5.45. The van der Waals surface area contributed by atoms with E-state index in [0.717, 1.165) is 38.8 Å². The van der Waals surface area contributed by atoms with Crippen LogP contribution in [0.15, 0.2) is 24.3 Å². The van der Waals surface area contributed by atoms with Crippen molar-refractivity contribution in [1.29, 1.82) is 0 Å². The molecule has 112 valence electrons. The van der Waals surface area contributed by atoms with Crippen molar-refractivity contribution in [3.8, 4) is 0 Å². The van der Waals surface area contributed by atoms with E-state index in [1.54, 1.807) is 0 Å². The fraction of sp³-hybridized carbons (Fsp3) is 0.600. The molecule has 0 radical (unpaired) electrons. The molecule has 0 bridgehead atoms. The highest BCUT2D eigenvalue weighted by molar-refractivity contribution is 7.92. The molecule has 1 fully saturated rings. The number of piperidine rings is 1. The van der Waals surface area contributed by atoms with E-state index in [9.17, 15) is 8.42 Å². The van der Waals surface area contributed by atoms with Gasteiger partial charge in [-0.15, -0.1) is 0 Å². The summed E-state index contributed by atoms with van der Waals surface area (Å²) in [6.07, 6.45) is 3.88. The van der Waals surface area contributed by atoms with Crippen molar-refractivity contribution in [1.82, 2.24) is 5.32 Å². The molecule has 1 aromatic rings. The third kappa shape index (κ3) is 4.80. The number of sulfonamides is 1. The van der Waals surface area contributed by atoms with Crippen molar-refractivity contribution in [2.45, 2.75) is 32.6 Å². The minimum absolute atomic E-state index is 0.215. The van der Waals surface area contributed by atoms with Gasteiger partial charge in [0, 0.05) is 5.69 Å². The highest BCUT2D eigenvalue weighted by Gasteiger charge is 2.17. The molecule has 20 heavy (non-hydrogen) atoms. The Hall–Kier alpha value is -1.07. The Morgan fingerprint density at radius 1 is 1.20 bits per heavy atom. The van der Waals surface area contributed by atoms with Gasteiger partial charge in [0.05, 0.1) is 5.75 Å². The number of hydrogen-bond acceptors (Lipinski definition) is 3. The number of benzene rings is 1. The first-order valence-electron chi connectivity index (χ1n) is 7.39. The van der Waals surface area contributed by atoms with Gasteiger partial charge in [-0.05, 0) is 62.4 Å². The van der Waals surface area contributed by atoms with E-state index in [1.807, 2.05) is 24.3 Å². The molecule has 1 heterocycles. The summed E-state index contributed by atoms with van der Waals surface area (Å²) in [5, 5.41) is 3.30. The Morgan fingerprint density at radius 2 is 1.85 bits per heavy atom. The molecule has 1 aliphatic heterocycles. The van der Waals surface area contributed by atoms with Crippen molar-refractivity contribution in [2.24, 2.45) is 5.92 Å². The van der Waals surface area contributed by atoms with Crippen LogP contribution < -0.4 is 10.0 Å². The van der Waals surface area contributed by atoms with E-state index in [4.69, 9.17) is 0 Å². The minimum atomic E-state index is -3.22. The lowest BCUT2D eigenvalue weighted by Crippen LogP contribution is -2.29. The lowest BCUT2D eigenvalue weighted by atomic mass is 9.96. The summed E-state index contributed by atoms with van der Waals surface area (Å²) in [6, 6.07) is 7.59. The normalized spacial score (nSPS) is 17.1. The number of rotatable bonds is 6. The van der Waals surface area contributed by atoms with Crippen LogP contribution in [0.1, 0.15) is 31.7 Å². The third-order valence-electron chi connectivity index (χ3n) is 3.89. The number of hydrogen-bond donors (Lipinski definition) is 2. The molecule has 1 aliphatic rings. The van der Waals surface area contributed by atoms with Crippen LogP contribution in [0.2, 0.25) is 0 Å². The summed E-state index contributed by atoms with van der Waals surface area (Å²) in [7, 11) is -3.22. The zero-order valence-corrected chi connectivity index (χ0v) is 12.9. The maximum Gasteiger partial charge on any atom is 0.232 e. The SMILES string of the molecule is CCc1ccc(NS(=O)(=O)CCC2CCNCC2)cc1. The summed E-state index contributed by atoms with van der Waals surface area (Å²) in [4.78, 5) is 0. The Morgan fingerprint density at radius 3 is 2.45 bits per heavy atom. The monoisotopic (exact) mass is 296 g/mol. The van der Waals surface area contributed by atoms with Crippen LogP contribution in [0.25, 0.3) is 0 Å². The summed E-state index contributed by atoms with van der Waals surface area (Å²) >= 11 is 0. The molecule has 1 saturated heterocycles. The van der Waals surface area contributed by atoms with Gasteiger partial charge in [0.2, 0.25) is 10.0 Å². The van der Waals surface area contributed by atoms with E-state index >= 15 is 0 Å². The molecular weight excluding hydrogens is 272 g/mol. The van der Waals surface area contributed by atoms with E-state index in [0.29, 0.717) is 11.6 Å². The van der Waals surface area contributed by atoms with Gasteiger partial charge in [-0.25, -0.2) is 8.42 Å². The van der Waals surface area contributed by atoms with Crippen molar-refractivity contribution >= 4 is 15.7 Å². The van der Waals surface area contributed by atoms with Crippen LogP contribution in [0.3, 0.4) is 0 Å². The molecule has 2 N–H and O–H groups in total. The van der Waals surface area contributed by atoms with Gasteiger partial charge in [0.25, 0.3) is 0 Å². The molecule has 0 amide bonds. The zero-order chi connectivity index (χ0) is 14.4. The van der Waals surface area contributed by atoms with E-state index in [1.165, 1.54) is 5.56 Å². The molecule has 0 spiro atoms. The smallest absolute Gasteiger partial charge is 0.232 e. The average molecular weight is 296 g/mol. The average Bonchev–Trinajstić information content (AvgIpc) is 2.47. The maximum absolute atomic E-state index is 12.1. The molecule has 0 unspecified atom stereocenters. The van der Waals surface area contributed by atoms with Crippen LogP contribution in [-0.4, -0.2) is 27.3 Å². The van der Waals surface area contributed by atoms with Crippen LogP contribution in [0, 0.1) is 5.92 Å². The maximum atomic E-state index is 12.1. The lowest BCUT2D eigenvalue weighted by Gasteiger charge is -2.22. The Balaban J connectivity index is 1.85. The van der Waals surface area contributed by atoms with Crippen molar-refractivity contribution in [3.63, 3.8) is 0 Å². The Bertz CT molecular complexity index is 505. The molecule has 1 aromatic carbocycles. The predicted molar refractivity (Wildman–Crippen MR) is 83.4 cm³/mol. The molecular formula is C15H24N2O2S. The van der Waals surface area contributed by atoms with Gasteiger partial charge in [0.1, 0.15) is 0 Å². The van der Waals surface area contributed by atoms with Gasteiger partial charge in [-0.1, -0.05) is 19.1 Å². The highest BCUT2D eigenvalue weighted by Crippen LogP contribution is 2.18. The quantitative estimate of drug-likeness (QED) is 0.847. The number of anilines is 1. The van der Waals surface area contributed by atoms with Crippen molar-refractivity contribution in [2.75, 3.05) is 23.6 Å². The van der Waals surface area contributed by atoms with Gasteiger partial charge < -0.3 is 5.32 Å². The Kier molecular flexibility index (Phi) is 5.43. The van der Waals surface area contributed by atoms with Crippen LogP contribution in [0.4, 0.5) is 5.69 Å². The number of nitrogens with one attached hydrogen (secondary N) is 2. The van der Waals surface area contributed by atoms with Gasteiger partial charge >= 0.3 is 0 Å². The fourth-order valence-electron chi connectivity index (χ4n) is 2.53. The Labute approximate surface area is 122 Å².